The molecule has 0 aliphatic rings. The molecule has 0 heterocycles. The van der Waals surface area contributed by atoms with Crippen molar-refractivity contribution >= 4 is 5.78 Å². The first-order valence-electron chi connectivity index (χ1n) is 13.4. The van der Waals surface area contributed by atoms with Crippen molar-refractivity contribution in [1.82, 2.24) is 0 Å². The Bertz CT molecular complexity index is 941. The van der Waals surface area contributed by atoms with Gasteiger partial charge >= 0.3 is 0 Å². The molecular formula is C30H44O6. The summed E-state index contributed by atoms with van der Waals surface area (Å²) < 4.78 is 5.30. The smallest absolute Gasteiger partial charge is 0.160 e. The van der Waals surface area contributed by atoms with E-state index in [0.717, 1.165) is 56.1 Å². The quantitative estimate of drug-likeness (QED) is 0.144. The highest BCUT2D eigenvalue weighted by molar-refractivity contribution is 5.82. The summed E-state index contributed by atoms with van der Waals surface area (Å²) in [7, 11) is 1.52. The number of aliphatic hydroxyl groups is 1. The van der Waals surface area contributed by atoms with Crippen LogP contribution in [-0.4, -0.2) is 39.4 Å². The van der Waals surface area contributed by atoms with E-state index in [1.807, 2.05) is 12.1 Å². The van der Waals surface area contributed by atoms with Crippen LogP contribution in [0.3, 0.4) is 0 Å². The molecule has 0 radical (unpaired) electrons. The Morgan fingerprint density at radius 2 is 1.50 bits per heavy atom. The number of hydrogen-bond donors (Lipinski definition) is 4. The van der Waals surface area contributed by atoms with Gasteiger partial charge in [-0.2, -0.15) is 0 Å². The lowest BCUT2D eigenvalue weighted by Gasteiger charge is -2.25. The minimum absolute atomic E-state index is 0.00605. The van der Waals surface area contributed by atoms with Gasteiger partial charge in [0.15, 0.2) is 23.0 Å². The minimum atomic E-state index is -0.782. The van der Waals surface area contributed by atoms with Gasteiger partial charge in [-0.05, 0) is 67.0 Å². The van der Waals surface area contributed by atoms with Crippen LogP contribution in [0, 0.1) is 5.92 Å². The van der Waals surface area contributed by atoms with E-state index in [-0.39, 0.29) is 28.9 Å². The molecule has 0 spiro atoms. The van der Waals surface area contributed by atoms with E-state index in [1.54, 1.807) is 12.1 Å². The maximum atomic E-state index is 13.6. The largest absolute Gasteiger partial charge is 0.504 e. The number of carbonyl (C=O) groups is 1. The number of phenols is 3. The molecule has 0 amide bonds. The Morgan fingerprint density at radius 1 is 0.833 bits per heavy atom. The van der Waals surface area contributed by atoms with Crippen LogP contribution < -0.4 is 4.74 Å². The van der Waals surface area contributed by atoms with Crippen LogP contribution in [0.5, 0.6) is 23.0 Å². The number of Topliss-reactive ketones (excluding diaryl/α,β-unsaturated/α-hetero) is 1. The van der Waals surface area contributed by atoms with Crippen molar-refractivity contribution in [3.63, 3.8) is 0 Å². The van der Waals surface area contributed by atoms with E-state index in [0.29, 0.717) is 31.4 Å². The predicted octanol–water partition coefficient (Wildman–Crippen LogP) is 6.63. The molecule has 2 aromatic carbocycles. The number of carbonyl (C=O) groups excluding carboxylic acids is 1. The summed E-state index contributed by atoms with van der Waals surface area (Å²) in [5, 5.41) is 40.4. The molecule has 0 saturated heterocycles. The molecule has 0 unspecified atom stereocenters. The van der Waals surface area contributed by atoms with Crippen molar-refractivity contribution in [3.8, 4) is 23.0 Å². The summed E-state index contributed by atoms with van der Waals surface area (Å²) in [5.41, 5.74) is 1.77. The Kier molecular flexibility index (Phi) is 12.6. The van der Waals surface area contributed by atoms with Crippen LogP contribution in [0.1, 0.15) is 95.1 Å². The zero-order valence-electron chi connectivity index (χ0n) is 22.1. The van der Waals surface area contributed by atoms with E-state index < -0.39 is 12.0 Å². The SMILES string of the molecule is CCCCC[C@H](CC(=O)[C@H](CCCCC)[C@H](O)CCc1ccc(O)c(O)c1)c1ccc(O)c(OC)c1. The minimum Gasteiger partial charge on any atom is -0.504 e. The number of ether oxygens (including phenoxy) is 1. The molecule has 6 heteroatoms. The first-order valence-corrected chi connectivity index (χ1v) is 13.4. The van der Waals surface area contributed by atoms with Gasteiger partial charge in [-0.1, -0.05) is 64.5 Å². The summed E-state index contributed by atoms with van der Waals surface area (Å²) >= 11 is 0. The van der Waals surface area contributed by atoms with Gasteiger partial charge in [0, 0.05) is 12.3 Å². The molecule has 2 rings (SSSR count). The fourth-order valence-electron chi connectivity index (χ4n) is 4.79. The molecule has 0 aromatic heterocycles. The molecule has 2 aromatic rings. The first-order chi connectivity index (χ1) is 17.3. The fraction of sp³-hybridized carbons (Fsp3) is 0.567. The van der Waals surface area contributed by atoms with Crippen molar-refractivity contribution in [1.29, 1.82) is 0 Å². The van der Waals surface area contributed by atoms with Gasteiger partial charge in [0.2, 0.25) is 0 Å². The van der Waals surface area contributed by atoms with Gasteiger partial charge in [0.1, 0.15) is 5.78 Å². The van der Waals surface area contributed by atoms with Gasteiger partial charge in [-0.15, -0.1) is 0 Å². The molecule has 0 bridgehead atoms. The van der Waals surface area contributed by atoms with Crippen LogP contribution in [-0.2, 0) is 11.2 Å². The summed E-state index contributed by atoms with van der Waals surface area (Å²) in [6.07, 6.45) is 8.08. The normalized spacial score (nSPS) is 13.8. The molecule has 3 atom stereocenters. The van der Waals surface area contributed by atoms with Gasteiger partial charge < -0.3 is 25.2 Å². The molecule has 4 N–H and O–H groups in total. The lowest BCUT2D eigenvalue weighted by molar-refractivity contribution is -0.127. The van der Waals surface area contributed by atoms with Crippen LogP contribution in [0.2, 0.25) is 0 Å². The number of benzene rings is 2. The Labute approximate surface area is 216 Å². The fourth-order valence-corrected chi connectivity index (χ4v) is 4.79. The lowest BCUT2D eigenvalue weighted by atomic mass is 9.81. The number of aliphatic hydroxyl groups excluding tert-OH is 1. The maximum Gasteiger partial charge on any atom is 0.160 e. The number of rotatable bonds is 17. The number of unbranched alkanes of at least 4 members (excludes halogenated alkanes) is 4. The second kappa shape index (κ2) is 15.4. The number of hydrogen-bond acceptors (Lipinski definition) is 6. The van der Waals surface area contributed by atoms with Crippen LogP contribution in [0.15, 0.2) is 36.4 Å². The van der Waals surface area contributed by atoms with Gasteiger partial charge in [-0.3, -0.25) is 4.79 Å². The van der Waals surface area contributed by atoms with Crippen molar-refractivity contribution in [2.24, 2.45) is 5.92 Å². The van der Waals surface area contributed by atoms with Gasteiger partial charge in [0.05, 0.1) is 13.2 Å². The zero-order chi connectivity index (χ0) is 26.5. The number of aromatic hydroxyl groups is 3. The van der Waals surface area contributed by atoms with E-state index in [1.165, 1.54) is 19.2 Å². The molecule has 6 nitrogen and oxygen atoms in total. The Hall–Kier alpha value is -2.73. The van der Waals surface area contributed by atoms with E-state index in [9.17, 15) is 25.2 Å². The Balaban J connectivity index is 2.17. The third-order valence-electron chi connectivity index (χ3n) is 7.04. The molecular weight excluding hydrogens is 456 g/mol. The van der Waals surface area contributed by atoms with Crippen LogP contribution in [0.4, 0.5) is 0 Å². The highest BCUT2D eigenvalue weighted by Gasteiger charge is 2.29. The highest BCUT2D eigenvalue weighted by atomic mass is 16.5. The van der Waals surface area contributed by atoms with E-state index in [4.69, 9.17) is 4.74 Å². The summed E-state index contributed by atoms with van der Waals surface area (Å²) in [5.74, 6) is -0.266. The summed E-state index contributed by atoms with van der Waals surface area (Å²) in [6.45, 7) is 4.27. The summed E-state index contributed by atoms with van der Waals surface area (Å²) in [6, 6.07) is 9.95. The number of methoxy groups -OCH3 is 1. The van der Waals surface area contributed by atoms with Crippen molar-refractivity contribution < 1.29 is 30.0 Å². The topological polar surface area (TPSA) is 107 Å². The van der Waals surface area contributed by atoms with Gasteiger partial charge in [0.25, 0.3) is 0 Å². The monoisotopic (exact) mass is 500 g/mol. The van der Waals surface area contributed by atoms with Crippen molar-refractivity contribution in [2.75, 3.05) is 7.11 Å². The van der Waals surface area contributed by atoms with Crippen molar-refractivity contribution in [3.05, 3.63) is 47.5 Å². The summed E-state index contributed by atoms with van der Waals surface area (Å²) in [4.78, 5) is 13.6. The Morgan fingerprint density at radius 3 is 2.14 bits per heavy atom. The van der Waals surface area contributed by atoms with Crippen LogP contribution >= 0.6 is 0 Å². The van der Waals surface area contributed by atoms with Crippen LogP contribution in [0.25, 0.3) is 0 Å². The number of aryl methyl sites for hydroxylation is 1. The first kappa shape index (κ1) is 29.5. The zero-order valence-corrected chi connectivity index (χ0v) is 22.1. The standard InChI is InChI=1S/C30H44O6/c1-4-6-8-10-22(23-14-17-27(33)30(20-23)36-3)19-28(34)24(11-9-7-5-2)25(31)15-12-21-13-16-26(32)29(35)18-21/h13-14,16-18,20,22,24-25,31-33,35H,4-12,15,19H2,1-3H3/t22-,24-,25-/m1/s1. The molecule has 0 aliphatic heterocycles. The second-order valence-corrected chi connectivity index (χ2v) is 9.83. The average molecular weight is 501 g/mol. The predicted molar refractivity (Wildman–Crippen MR) is 143 cm³/mol. The third kappa shape index (κ3) is 9.05. The van der Waals surface area contributed by atoms with Crippen molar-refractivity contribution in [2.45, 2.75) is 96.5 Å². The number of phenolic OH excluding ortho intramolecular Hbond substituents is 3. The lowest BCUT2D eigenvalue weighted by Crippen LogP contribution is -2.30. The molecule has 0 aliphatic carbocycles. The van der Waals surface area contributed by atoms with Gasteiger partial charge in [-0.25, -0.2) is 0 Å². The molecule has 0 saturated carbocycles. The highest BCUT2D eigenvalue weighted by Crippen LogP contribution is 2.35. The molecule has 36 heavy (non-hydrogen) atoms. The average Bonchev–Trinajstić information content (AvgIpc) is 2.87. The maximum absolute atomic E-state index is 13.6. The van der Waals surface area contributed by atoms with E-state index in [2.05, 4.69) is 13.8 Å². The third-order valence-corrected chi connectivity index (χ3v) is 7.04. The van der Waals surface area contributed by atoms with E-state index >= 15 is 0 Å². The second-order valence-electron chi connectivity index (χ2n) is 9.83. The molecule has 200 valence electrons. The molecule has 0 fully saturated rings. The number of ketones is 1.